The number of aromatic nitrogens is 2. The third-order valence-corrected chi connectivity index (χ3v) is 6.33. The number of rotatable bonds is 15. The van der Waals surface area contributed by atoms with E-state index in [4.69, 9.17) is 9.47 Å². The minimum Gasteiger partial charge on any atom is -0.493 e. The van der Waals surface area contributed by atoms with Gasteiger partial charge in [-0.3, -0.25) is 14.3 Å². The quantitative estimate of drug-likeness (QED) is 0.409. The van der Waals surface area contributed by atoms with Crippen LogP contribution in [0.5, 0.6) is 5.75 Å². The van der Waals surface area contributed by atoms with Crippen molar-refractivity contribution >= 4 is 0 Å². The number of nitrogens with one attached hydrogen (secondary N) is 2. The lowest BCUT2D eigenvalue weighted by Crippen LogP contribution is -2.42. The largest absolute Gasteiger partial charge is 0.493 e. The summed E-state index contributed by atoms with van der Waals surface area (Å²) in [6.45, 7) is 6.98. The molecule has 0 radical (unpaired) electrons. The molecule has 1 aliphatic rings. The molecule has 0 spiro atoms. The minimum atomic E-state index is -0.445. The standard InChI is InChI=1S/C25H37N3O4/c1-3-25(4-2,21-9-8-10-22(17-21)32-18-20-11-12-20)26-14-6-5-7-16-31-19-28-15-13-23(29)27-24(28)30/h8-10,13,15,17,20,26H,3-7,11-12,14,16,18-19H2,1-2H3,(H,27,29,30). The zero-order valence-corrected chi connectivity index (χ0v) is 19.4. The van der Waals surface area contributed by atoms with E-state index in [0.717, 1.165) is 56.9 Å². The maximum Gasteiger partial charge on any atom is 0.330 e. The fourth-order valence-corrected chi connectivity index (χ4v) is 3.93. The van der Waals surface area contributed by atoms with Crippen molar-refractivity contribution in [3.8, 4) is 5.75 Å². The van der Waals surface area contributed by atoms with E-state index in [1.807, 2.05) is 0 Å². The van der Waals surface area contributed by atoms with E-state index >= 15 is 0 Å². The summed E-state index contributed by atoms with van der Waals surface area (Å²) in [6, 6.07) is 9.89. The highest BCUT2D eigenvalue weighted by Gasteiger charge is 2.28. The third kappa shape index (κ3) is 7.07. The van der Waals surface area contributed by atoms with Crippen LogP contribution in [0.15, 0.2) is 46.1 Å². The summed E-state index contributed by atoms with van der Waals surface area (Å²) < 4.78 is 12.9. The minimum absolute atomic E-state index is 0.0408. The molecule has 0 amide bonds. The van der Waals surface area contributed by atoms with E-state index in [1.165, 1.54) is 35.2 Å². The van der Waals surface area contributed by atoms with E-state index < -0.39 is 11.2 Å². The van der Waals surface area contributed by atoms with Crippen molar-refractivity contribution in [2.45, 2.75) is 71.1 Å². The molecule has 32 heavy (non-hydrogen) atoms. The Labute approximate surface area is 190 Å². The van der Waals surface area contributed by atoms with Crippen molar-refractivity contribution in [3.05, 3.63) is 62.9 Å². The molecule has 176 valence electrons. The molecule has 2 aromatic rings. The number of ether oxygens (including phenoxy) is 2. The summed E-state index contributed by atoms with van der Waals surface area (Å²) in [6.07, 6.45) is 9.11. The summed E-state index contributed by atoms with van der Waals surface area (Å²) in [5, 5.41) is 3.81. The molecule has 0 saturated heterocycles. The Morgan fingerprint density at radius 2 is 1.94 bits per heavy atom. The molecule has 0 aliphatic heterocycles. The lowest BCUT2D eigenvalue weighted by atomic mass is 9.84. The monoisotopic (exact) mass is 443 g/mol. The van der Waals surface area contributed by atoms with Crippen LogP contribution in [0, 0.1) is 5.92 Å². The van der Waals surface area contributed by atoms with Gasteiger partial charge in [0.05, 0.1) is 6.61 Å². The van der Waals surface area contributed by atoms with Gasteiger partial charge in [0, 0.05) is 24.4 Å². The second kappa shape index (κ2) is 12.0. The number of benzene rings is 1. The summed E-state index contributed by atoms with van der Waals surface area (Å²) in [4.78, 5) is 24.9. The SMILES string of the molecule is CCC(CC)(NCCCCCOCn1ccc(=O)[nH]c1=O)c1cccc(OCC2CC2)c1. The molecule has 0 unspecified atom stereocenters. The number of hydrogen-bond acceptors (Lipinski definition) is 5. The Morgan fingerprint density at radius 3 is 2.66 bits per heavy atom. The van der Waals surface area contributed by atoms with E-state index in [2.05, 4.69) is 48.4 Å². The normalized spacial score (nSPS) is 13.9. The van der Waals surface area contributed by atoms with Crippen molar-refractivity contribution in [3.63, 3.8) is 0 Å². The Kier molecular flexibility index (Phi) is 9.11. The molecule has 0 atom stereocenters. The van der Waals surface area contributed by atoms with Gasteiger partial charge in [-0.25, -0.2) is 4.79 Å². The smallest absolute Gasteiger partial charge is 0.330 e. The van der Waals surface area contributed by atoms with Gasteiger partial charge in [0.25, 0.3) is 5.56 Å². The molecule has 3 rings (SSSR count). The lowest BCUT2D eigenvalue weighted by Gasteiger charge is -2.34. The lowest BCUT2D eigenvalue weighted by molar-refractivity contribution is 0.0706. The number of H-pyrrole nitrogens is 1. The van der Waals surface area contributed by atoms with Gasteiger partial charge in [-0.05, 0) is 75.1 Å². The topological polar surface area (TPSA) is 85.4 Å². The van der Waals surface area contributed by atoms with Gasteiger partial charge in [-0.15, -0.1) is 0 Å². The number of hydrogen-bond donors (Lipinski definition) is 2. The van der Waals surface area contributed by atoms with Gasteiger partial charge < -0.3 is 14.8 Å². The fourth-order valence-electron chi connectivity index (χ4n) is 3.93. The summed E-state index contributed by atoms with van der Waals surface area (Å²) in [5.74, 6) is 1.72. The van der Waals surface area contributed by atoms with Crippen LogP contribution < -0.4 is 21.3 Å². The predicted molar refractivity (Wildman–Crippen MR) is 126 cm³/mol. The maximum absolute atomic E-state index is 11.6. The zero-order chi connectivity index (χ0) is 22.8. The molecule has 1 aliphatic carbocycles. The van der Waals surface area contributed by atoms with Crippen LogP contribution in [0.2, 0.25) is 0 Å². The second-order valence-electron chi connectivity index (χ2n) is 8.68. The highest BCUT2D eigenvalue weighted by atomic mass is 16.5. The molecule has 2 N–H and O–H groups in total. The van der Waals surface area contributed by atoms with Crippen LogP contribution in [0.4, 0.5) is 0 Å². The molecule has 7 heteroatoms. The van der Waals surface area contributed by atoms with Gasteiger partial charge in [0.2, 0.25) is 0 Å². The maximum atomic E-state index is 11.6. The molecule has 1 saturated carbocycles. The highest BCUT2D eigenvalue weighted by Crippen LogP contribution is 2.33. The van der Waals surface area contributed by atoms with Gasteiger partial charge in [0.1, 0.15) is 12.5 Å². The van der Waals surface area contributed by atoms with Crippen molar-refractivity contribution in [1.29, 1.82) is 0 Å². The van der Waals surface area contributed by atoms with E-state index in [0.29, 0.717) is 6.61 Å². The first-order valence-electron chi connectivity index (χ1n) is 11.9. The number of nitrogens with zero attached hydrogens (tertiary/aromatic N) is 1. The first kappa shape index (κ1) is 24.3. The van der Waals surface area contributed by atoms with Crippen molar-refractivity contribution in [1.82, 2.24) is 14.9 Å². The Bertz CT molecular complexity index is 944. The van der Waals surface area contributed by atoms with Gasteiger partial charge in [0.15, 0.2) is 0 Å². The fraction of sp³-hybridized carbons (Fsp3) is 0.600. The Hall–Kier alpha value is -2.38. The second-order valence-corrected chi connectivity index (χ2v) is 8.68. The van der Waals surface area contributed by atoms with E-state index in [1.54, 1.807) is 0 Å². The first-order chi connectivity index (χ1) is 15.6. The van der Waals surface area contributed by atoms with Gasteiger partial charge in [-0.2, -0.15) is 0 Å². The van der Waals surface area contributed by atoms with E-state index in [-0.39, 0.29) is 12.3 Å². The number of aromatic amines is 1. The van der Waals surface area contributed by atoms with Crippen LogP contribution in [0.25, 0.3) is 0 Å². The average molecular weight is 444 g/mol. The molecule has 7 nitrogen and oxygen atoms in total. The molecule has 1 aromatic carbocycles. The summed E-state index contributed by atoms with van der Waals surface area (Å²) in [7, 11) is 0. The van der Waals surface area contributed by atoms with Gasteiger partial charge in [-0.1, -0.05) is 26.0 Å². The van der Waals surface area contributed by atoms with Gasteiger partial charge >= 0.3 is 5.69 Å². The molecular formula is C25H37N3O4. The third-order valence-electron chi connectivity index (χ3n) is 6.33. The molecule has 1 fully saturated rings. The highest BCUT2D eigenvalue weighted by molar-refractivity contribution is 5.33. The average Bonchev–Trinajstić information content (AvgIpc) is 3.63. The van der Waals surface area contributed by atoms with Crippen molar-refractivity contribution in [2.75, 3.05) is 19.8 Å². The van der Waals surface area contributed by atoms with Crippen LogP contribution >= 0.6 is 0 Å². The van der Waals surface area contributed by atoms with Crippen molar-refractivity contribution in [2.24, 2.45) is 5.92 Å². The van der Waals surface area contributed by atoms with Crippen LogP contribution in [-0.4, -0.2) is 29.3 Å². The van der Waals surface area contributed by atoms with Crippen LogP contribution in [0.3, 0.4) is 0 Å². The summed E-state index contributed by atoms with van der Waals surface area (Å²) in [5.41, 5.74) is 0.414. The molecule has 0 bridgehead atoms. The predicted octanol–water partition coefficient (Wildman–Crippen LogP) is 3.77. The molecule has 1 heterocycles. The van der Waals surface area contributed by atoms with E-state index in [9.17, 15) is 9.59 Å². The Morgan fingerprint density at radius 1 is 1.12 bits per heavy atom. The summed E-state index contributed by atoms with van der Waals surface area (Å²) >= 11 is 0. The van der Waals surface area contributed by atoms with Crippen LogP contribution in [-0.2, 0) is 17.0 Å². The van der Waals surface area contributed by atoms with Crippen LogP contribution in [0.1, 0.15) is 64.4 Å². The number of unbranched alkanes of at least 4 members (excludes halogenated alkanes) is 2. The van der Waals surface area contributed by atoms with Crippen molar-refractivity contribution < 1.29 is 9.47 Å². The molecular weight excluding hydrogens is 406 g/mol. The zero-order valence-electron chi connectivity index (χ0n) is 19.4. The Balaban J connectivity index is 1.39. The first-order valence-corrected chi connectivity index (χ1v) is 11.9. The molecule has 1 aromatic heterocycles.